The van der Waals surface area contributed by atoms with Gasteiger partial charge in [0.05, 0.1) is 5.69 Å². The molecule has 1 aliphatic heterocycles. The summed E-state index contributed by atoms with van der Waals surface area (Å²) in [7, 11) is 0. The average molecular weight is 362 g/mol. The number of hydrogen-bond donors (Lipinski definition) is 2. The van der Waals surface area contributed by atoms with Crippen molar-refractivity contribution in [2.24, 2.45) is 17.6 Å². The molecule has 23 heavy (non-hydrogen) atoms. The lowest BCUT2D eigenvalue weighted by Gasteiger charge is -2.36. The van der Waals surface area contributed by atoms with E-state index < -0.39 is 0 Å². The highest BCUT2D eigenvalue weighted by molar-refractivity contribution is 5.85. The first-order valence-electron chi connectivity index (χ1n) is 8.18. The number of aromatic nitrogens is 2. The van der Waals surface area contributed by atoms with Crippen molar-refractivity contribution in [2.75, 3.05) is 23.7 Å². The monoisotopic (exact) mass is 361 g/mol. The van der Waals surface area contributed by atoms with E-state index in [0.29, 0.717) is 17.9 Å². The third kappa shape index (κ3) is 4.61. The Hall–Kier alpha value is -0.780. The van der Waals surface area contributed by atoms with E-state index in [-0.39, 0.29) is 24.8 Å². The largest absolute Gasteiger partial charge is 0.368 e. The van der Waals surface area contributed by atoms with Gasteiger partial charge in [-0.25, -0.2) is 4.98 Å². The summed E-state index contributed by atoms with van der Waals surface area (Å²) in [5, 5.41) is 0. The highest BCUT2D eigenvalue weighted by atomic mass is 35.5. The second kappa shape index (κ2) is 8.36. The Morgan fingerprint density at radius 2 is 1.74 bits per heavy atom. The molecule has 0 aromatic carbocycles. The van der Waals surface area contributed by atoms with Gasteiger partial charge in [-0.15, -0.1) is 24.8 Å². The highest BCUT2D eigenvalue weighted by Gasteiger charge is 2.30. The van der Waals surface area contributed by atoms with Gasteiger partial charge in [-0.2, -0.15) is 4.98 Å². The Balaban J connectivity index is 0.00000132. The van der Waals surface area contributed by atoms with Crippen LogP contribution in [0.3, 0.4) is 0 Å². The topological polar surface area (TPSA) is 81.1 Å². The molecule has 2 aliphatic rings. The Labute approximate surface area is 151 Å². The molecule has 1 saturated heterocycles. The molecule has 1 aromatic heterocycles. The van der Waals surface area contributed by atoms with Gasteiger partial charge in [0.2, 0.25) is 5.95 Å². The molecule has 2 heterocycles. The van der Waals surface area contributed by atoms with Gasteiger partial charge in [0.1, 0.15) is 5.82 Å². The molecule has 3 rings (SSSR count). The fourth-order valence-corrected chi connectivity index (χ4v) is 3.54. The number of nitrogens with zero attached hydrogens (tertiary/aromatic N) is 3. The van der Waals surface area contributed by atoms with Crippen LogP contribution in [-0.2, 0) is 0 Å². The molecule has 1 aliphatic carbocycles. The molecule has 132 valence electrons. The maximum Gasteiger partial charge on any atom is 0.222 e. The Morgan fingerprint density at radius 1 is 1.13 bits per heavy atom. The minimum Gasteiger partial charge on any atom is -0.368 e. The van der Waals surface area contributed by atoms with Crippen molar-refractivity contribution >= 4 is 36.6 Å². The molecule has 0 spiro atoms. The molecule has 4 N–H and O–H groups in total. The predicted molar refractivity (Wildman–Crippen MR) is 101 cm³/mol. The van der Waals surface area contributed by atoms with Crippen LogP contribution in [-0.4, -0.2) is 29.1 Å². The third-order valence-corrected chi connectivity index (χ3v) is 5.15. The van der Waals surface area contributed by atoms with Gasteiger partial charge in [-0.3, -0.25) is 0 Å². The van der Waals surface area contributed by atoms with Gasteiger partial charge in [0.15, 0.2) is 0 Å². The van der Waals surface area contributed by atoms with E-state index in [9.17, 15) is 0 Å². The summed E-state index contributed by atoms with van der Waals surface area (Å²) in [6, 6.07) is 2.46. The second-order valence-corrected chi connectivity index (χ2v) is 7.01. The summed E-state index contributed by atoms with van der Waals surface area (Å²) in [5.74, 6) is 3.48. The summed E-state index contributed by atoms with van der Waals surface area (Å²) >= 11 is 0. The van der Waals surface area contributed by atoms with Gasteiger partial charge in [-0.05, 0) is 37.5 Å². The smallest absolute Gasteiger partial charge is 0.222 e. The maximum absolute atomic E-state index is 5.91. The molecular formula is C16H29Cl2N5. The van der Waals surface area contributed by atoms with E-state index in [1.165, 1.54) is 12.8 Å². The van der Waals surface area contributed by atoms with Gasteiger partial charge in [0, 0.05) is 31.1 Å². The quantitative estimate of drug-likeness (QED) is 0.864. The molecule has 7 heteroatoms. The fourth-order valence-electron chi connectivity index (χ4n) is 3.54. The molecule has 1 aromatic rings. The number of anilines is 2. The van der Waals surface area contributed by atoms with E-state index in [2.05, 4.69) is 34.8 Å². The van der Waals surface area contributed by atoms with E-state index in [0.717, 1.165) is 49.3 Å². The Bertz CT molecular complexity index is 497. The first kappa shape index (κ1) is 20.3. The number of nitrogen functional groups attached to an aromatic ring is 1. The Morgan fingerprint density at radius 3 is 2.26 bits per heavy atom. The van der Waals surface area contributed by atoms with Crippen LogP contribution in [0, 0.1) is 11.8 Å². The van der Waals surface area contributed by atoms with Crippen LogP contribution in [0.25, 0.3) is 0 Å². The standard InChI is InChI=1S/C16H27N5.2ClH/c1-10(2)11-3-5-21(6-4-11)15-9-14(19-16(18)20-15)12-7-13(17)8-12;;/h9-13H,3-8,17H2,1-2H3,(H2,18,19,20);2*1H. The SMILES string of the molecule is CC(C)C1CCN(c2cc(C3CC(N)C3)nc(N)n2)CC1.Cl.Cl. The number of rotatable bonds is 3. The van der Waals surface area contributed by atoms with Gasteiger partial charge < -0.3 is 16.4 Å². The van der Waals surface area contributed by atoms with Crippen molar-refractivity contribution in [2.45, 2.75) is 51.5 Å². The number of piperidine rings is 1. The van der Waals surface area contributed by atoms with Crippen LogP contribution < -0.4 is 16.4 Å². The highest BCUT2D eigenvalue weighted by Crippen LogP contribution is 2.36. The number of hydrogen-bond acceptors (Lipinski definition) is 5. The summed E-state index contributed by atoms with van der Waals surface area (Å²) in [6.07, 6.45) is 4.52. The normalized spacial score (nSPS) is 24.6. The summed E-state index contributed by atoms with van der Waals surface area (Å²) in [6.45, 7) is 6.79. The predicted octanol–water partition coefficient (Wildman–Crippen LogP) is 2.98. The van der Waals surface area contributed by atoms with Crippen LogP contribution in [0.15, 0.2) is 6.07 Å². The molecule has 0 unspecified atom stereocenters. The fraction of sp³-hybridized carbons (Fsp3) is 0.750. The molecule has 2 fully saturated rings. The molecule has 0 bridgehead atoms. The lowest BCUT2D eigenvalue weighted by atomic mass is 9.78. The van der Waals surface area contributed by atoms with Gasteiger partial charge in [0.25, 0.3) is 0 Å². The number of halogens is 2. The number of nitrogens with two attached hydrogens (primary N) is 2. The van der Waals surface area contributed by atoms with Gasteiger partial charge >= 0.3 is 0 Å². The zero-order valence-corrected chi connectivity index (χ0v) is 15.6. The van der Waals surface area contributed by atoms with E-state index in [4.69, 9.17) is 11.5 Å². The molecule has 0 radical (unpaired) electrons. The lowest BCUT2D eigenvalue weighted by Crippen LogP contribution is -2.37. The minimum atomic E-state index is 0. The van der Waals surface area contributed by atoms with Crippen LogP contribution in [0.2, 0.25) is 0 Å². The van der Waals surface area contributed by atoms with Crippen molar-refractivity contribution < 1.29 is 0 Å². The molecule has 0 amide bonds. The second-order valence-electron chi connectivity index (χ2n) is 7.01. The molecule has 1 saturated carbocycles. The van der Waals surface area contributed by atoms with Crippen molar-refractivity contribution in [3.8, 4) is 0 Å². The third-order valence-electron chi connectivity index (χ3n) is 5.15. The van der Waals surface area contributed by atoms with E-state index in [1.807, 2.05) is 0 Å². The maximum atomic E-state index is 5.91. The van der Waals surface area contributed by atoms with E-state index in [1.54, 1.807) is 0 Å². The van der Waals surface area contributed by atoms with E-state index >= 15 is 0 Å². The minimum absolute atomic E-state index is 0. The summed E-state index contributed by atoms with van der Waals surface area (Å²) in [5.41, 5.74) is 12.9. The zero-order chi connectivity index (χ0) is 15.0. The summed E-state index contributed by atoms with van der Waals surface area (Å²) in [4.78, 5) is 11.2. The zero-order valence-electron chi connectivity index (χ0n) is 13.9. The lowest BCUT2D eigenvalue weighted by molar-refractivity contribution is 0.310. The van der Waals surface area contributed by atoms with Crippen molar-refractivity contribution in [3.63, 3.8) is 0 Å². The van der Waals surface area contributed by atoms with Crippen molar-refractivity contribution in [1.82, 2.24) is 9.97 Å². The van der Waals surface area contributed by atoms with Crippen LogP contribution in [0.5, 0.6) is 0 Å². The average Bonchev–Trinajstić information content (AvgIpc) is 2.43. The molecular weight excluding hydrogens is 333 g/mol. The van der Waals surface area contributed by atoms with Crippen molar-refractivity contribution in [3.05, 3.63) is 11.8 Å². The Kier molecular flexibility index (Phi) is 7.36. The van der Waals surface area contributed by atoms with Crippen LogP contribution in [0.4, 0.5) is 11.8 Å². The first-order valence-corrected chi connectivity index (χ1v) is 8.18. The molecule has 5 nitrogen and oxygen atoms in total. The summed E-state index contributed by atoms with van der Waals surface area (Å²) < 4.78 is 0. The first-order chi connectivity index (χ1) is 10.0. The molecule has 0 atom stereocenters. The van der Waals surface area contributed by atoms with Gasteiger partial charge in [-0.1, -0.05) is 13.8 Å². The van der Waals surface area contributed by atoms with Crippen molar-refractivity contribution in [1.29, 1.82) is 0 Å². The van der Waals surface area contributed by atoms with Crippen LogP contribution >= 0.6 is 24.8 Å². The van der Waals surface area contributed by atoms with Crippen LogP contribution in [0.1, 0.15) is 51.1 Å².